The second kappa shape index (κ2) is 4.73. The fourth-order valence-corrected chi connectivity index (χ4v) is 8.41. The smallest absolute Gasteiger partial charge is 0.240 e. The van der Waals surface area contributed by atoms with Gasteiger partial charge in [0.05, 0.1) is 5.60 Å². The molecular formula is C22H31NO3. The van der Waals surface area contributed by atoms with Crippen LogP contribution in [0.4, 0.5) is 0 Å². The van der Waals surface area contributed by atoms with Crippen LogP contribution in [0.5, 0.6) is 0 Å². The maximum absolute atomic E-state index is 12.8. The van der Waals surface area contributed by atoms with Crippen molar-refractivity contribution in [1.29, 1.82) is 5.26 Å². The summed E-state index contributed by atoms with van der Waals surface area (Å²) in [5, 5.41) is 20.8. The number of fused-ring (bicyclic) bond motifs is 7. The molecule has 4 saturated carbocycles. The van der Waals surface area contributed by atoms with Crippen molar-refractivity contribution in [3.05, 3.63) is 0 Å². The Bertz CT molecular complexity index is 725. The van der Waals surface area contributed by atoms with Crippen LogP contribution in [0, 0.1) is 51.8 Å². The van der Waals surface area contributed by atoms with Gasteiger partial charge in [-0.15, -0.1) is 0 Å². The molecule has 142 valence electrons. The van der Waals surface area contributed by atoms with Crippen LogP contribution in [0.2, 0.25) is 0 Å². The van der Waals surface area contributed by atoms with Crippen LogP contribution >= 0.6 is 0 Å². The Morgan fingerprint density at radius 1 is 1.08 bits per heavy atom. The van der Waals surface area contributed by atoms with Gasteiger partial charge in [-0.25, -0.2) is 0 Å². The van der Waals surface area contributed by atoms with Crippen molar-refractivity contribution >= 4 is 5.78 Å². The second-order valence-corrected chi connectivity index (χ2v) is 10.7. The van der Waals surface area contributed by atoms with Crippen LogP contribution in [0.25, 0.3) is 0 Å². The van der Waals surface area contributed by atoms with Gasteiger partial charge in [-0.1, -0.05) is 20.8 Å². The highest BCUT2D eigenvalue weighted by Crippen LogP contribution is 2.72. The third kappa shape index (κ3) is 1.63. The molecule has 4 heteroatoms. The molecule has 5 aliphatic rings. The first-order valence-electron chi connectivity index (χ1n) is 10.5. The molecule has 0 aromatic rings. The van der Waals surface area contributed by atoms with Crippen molar-refractivity contribution in [2.24, 2.45) is 40.4 Å². The van der Waals surface area contributed by atoms with E-state index in [2.05, 4.69) is 19.9 Å². The molecule has 5 fully saturated rings. The molecule has 0 amide bonds. The van der Waals surface area contributed by atoms with Gasteiger partial charge >= 0.3 is 0 Å². The number of hydrogen-bond acceptors (Lipinski definition) is 4. The molecule has 26 heavy (non-hydrogen) atoms. The Balaban J connectivity index is 1.55. The molecule has 0 aromatic carbocycles. The molecule has 1 aliphatic heterocycles. The molecule has 0 radical (unpaired) electrons. The summed E-state index contributed by atoms with van der Waals surface area (Å²) in [4.78, 5) is 12.8. The lowest BCUT2D eigenvalue weighted by atomic mass is 9.42. The number of nitriles is 1. The van der Waals surface area contributed by atoms with Gasteiger partial charge in [0, 0.05) is 11.3 Å². The number of carbonyl (C=O) groups is 1. The Morgan fingerprint density at radius 2 is 1.77 bits per heavy atom. The monoisotopic (exact) mass is 357 g/mol. The van der Waals surface area contributed by atoms with E-state index in [1.165, 1.54) is 0 Å². The van der Waals surface area contributed by atoms with E-state index in [1.54, 1.807) is 0 Å². The highest BCUT2D eigenvalue weighted by Gasteiger charge is 2.79. The highest BCUT2D eigenvalue weighted by molar-refractivity contribution is 5.97. The summed E-state index contributed by atoms with van der Waals surface area (Å²) < 4.78 is 5.94. The largest absolute Gasteiger partial charge is 0.390 e. The SMILES string of the molecule is CC1C(=O)[C@@]2(C#N)OC2[C@@]2(C)[C@@H]1CC[C@@H]1[C@@H]2CC[C@@]2(C)[C@H]1CC[C@]2(C)O. The predicted octanol–water partition coefficient (Wildman–Crippen LogP) is 3.48. The number of aliphatic hydroxyl groups is 1. The number of epoxide rings is 1. The van der Waals surface area contributed by atoms with Gasteiger partial charge in [0.2, 0.25) is 5.60 Å². The maximum atomic E-state index is 12.8. The van der Waals surface area contributed by atoms with Crippen LogP contribution in [-0.2, 0) is 9.53 Å². The minimum atomic E-state index is -1.16. The Hall–Kier alpha value is -0.920. The van der Waals surface area contributed by atoms with Crippen molar-refractivity contribution in [1.82, 2.24) is 0 Å². The molecule has 0 spiro atoms. The van der Waals surface area contributed by atoms with E-state index in [0.29, 0.717) is 23.7 Å². The molecule has 0 aromatic heterocycles. The Kier molecular flexibility index (Phi) is 3.13. The molecule has 1 saturated heterocycles. The third-order valence-electron chi connectivity index (χ3n) is 10.1. The molecular weight excluding hydrogens is 326 g/mol. The summed E-state index contributed by atoms with van der Waals surface area (Å²) in [5.74, 6) is 1.91. The van der Waals surface area contributed by atoms with Crippen LogP contribution in [0.1, 0.15) is 66.2 Å². The average molecular weight is 357 g/mol. The zero-order valence-corrected chi connectivity index (χ0v) is 16.4. The first kappa shape index (κ1) is 17.2. The lowest BCUT2D eigenvalue weighted by Gasteiger charge is -2.61. The van der Waals surface area contributed by atoms with Gasteiger partial charge in [0.1, 0.15) is 12.2 Å². The van der Waals surface area contributed by atoms with Crippen molar-refractivity contribution in [2.75, 3.05) is 0 Å². The van der Waals surface area contributed by atoms with Crippen LogP contribution in [0.15, 0.2) is 0 Å². The number of Topliss-reactive ketones (excluding diaryl/α,β-unsaturated/α-hetero) is 1. The van der Waals surface area contributed by atoms with Gasteiger partial charge in [-0.2, -0.15) is 5.26 Å². The van der Waals surface area contributed by atoms with Gasteiger partial charge in [-0.3, -0.25) is 4.79 Å². The third-order valence-corrected chi connectivity index (χ3v) is 10.1. The summed E-state index contributed by atoms with van der Waals surface area (Å²) in [7, 11) is 0. The minimum absolute atomic E-state index is 0.00416. The number of ether oxygens (including phenoxy) is 1. The van der Waals surface area contributed by atoms with Crippen LogP contribution in [0.3, 0.4) is 0 Å². The van der Waals surface area contributed by atoms with Gasteiger partial charge in [-0.05, 0) is 74.5 Å². The molecule has 1 heterocycles. The number of hydrogen-bond donors (Lipinski definition) is 1. The number of ketones is 1. The first-order valence-corrected chi connectivity index (χ1v) is 10.5. The van der Waals surface area contributed by atoms with E-state index in [0.717, 1.165) is 38.5 Å². The molecule has 5 rings (SSSR count). The normalized spacial score (nSPS) is 63.2. The topological polar surface area (TPSA) is 73.6 Å². The summed E-state index contributed by atoms with van der Waals surface area (Å²) in [6.07, 6.45) is 6.13. The summed E-state index contributed by atoms with van der Waals surface area (Å²) in [6, 6.07) is 2.24. The molecule has 1 N–H and O–H groups in total. The highest BCUT2D eigenvalue weighted by atomic mass is 16.6. The maximum Gasteiger partial charge on any atom is 0.240 e. The standard InChI is InChI=1S/C22H31NO3/c1-12-14-6-5-13-15-8-10-20(3,25)19(15,2)9-7-16(13)21(14,4)18-22(11-23,26-18)17(12)24/h12-16,18,25H,5-10H2,1-4H3/t12?,13-,14+,15-,16-,18?,19-,20-,21-,22+/m0/s1. The fraction of sp³-hybridized carbons (Fsp3) is 0.909. The lowest BCUT2D eigenvalue weighted by molar-refractivity contribution is -0.159. The van der Waals surface area contributed by atoms with Crippen LogP contribution in [-0.4, -0.2) is 28.2 Å². The van der Waals surface area contributed by atoms with Gasteiger partial charge in [0.15, 0.2) is 5.78 Å². The Morgan fingerprint density at radius 3 is 2.46 bits per heavy atom. The Labute approximate surface area is 156 Å². The summed E-state index contributed by atoms with van der Waals surface area (Å²) in [5.41, 5.74) is -1.80. The van der Waals surface area contributed by atoms with Crippen LogP contribution < -0.4 is 0 Å². The summed E-state index contributed by atoms with van der Waals surface area (Å²) >= 11 is 0. The number of carbonyl (C=O) groups excluding carboxylic acids is 1. The zero-order valence-electron chi connectivity index (χ0n) is 16.4. The van der Waals surface area contributed by atoms with Crippen molar-refractivity contribution in [2.45, 2.75) is 83.5 Å². The molecule has 4 nitrogen and oxygen atoms in total. The van der Waals surface area contributed by atoms with E-state index < -0.39 is 11.2 Å². The van der Waals surface area contributed by atoms with E-state index in [4.69, 9.17) is 4.74 Å². The predicted molar refractivity (Wildman–Crippen MR) is 95.9 cm³/mol. The second-order valence-electron chi connectivity index (χ2n) is 10.7. The quantitative estimate of drug-likeness (QED) is 0.674. The lowest BCUT2D eigenvalue weighted by Crippen LogP contribution is -2.61. The van der Waals surface area contributed by atoms with Crippen molar-refractivity contribution in [3.8, 4) is 6.07 Å². The van der Waals surface area contributed by atoms with E-state index in [-0.39, 0.29) is 28.6 Å². The number of nitrogens with zero attached hydrogens (tertiary/aromatic N) is 1. The molecule has 0 bridgehead atoms. The molecule has 2 unspecified atom stereocenters. The van der Waals surface area contributed by atoms with E-state index in [1.807, 2.05) is 13.8 Å². The van der Waals surface area contributed by atoms with Gasteiger partial charge < -0.3 is 9.84 Å². The molecule has 4 aliphatic carbocycles. The average Bonchev–Trinajstić information content (AvgIpc) is 3.31. The molecule has 10 atom stereocenters. The van der Waals surface area contributed by atoms with E-state index >= 15 is 0 Å². The van der Waals surface area contributed by atoms with E-state index in [9.17, 15) is 15.2 Å². The zero-order chi connectivity index (χ0) is 18.7. The van der Waals surface area contributed by atoms with Crippen molar-refractivity contribution < 1.29 is 14.6 Å². The van der Waals surface area contributed by atoms with Gasteiger partial charge in [0.25, 0.3) is 0 Å². The summed E-state index contributed by atoms with van der Waals surface area (Å²) in [6.45, 7) is 8.68. The first-order chi connectivity index (χ1) is 12.1. The fourth-order valence-electron chi connectivity index (χ4n) is 8.41. The van der Waals surface area contributed by atoms with Crippen molar-refractivity contribution in [3.63, 3.8) is 0 Å². The minimum Gasteiger partial charge on any atom is -0.390 e. The number of rotatable bonds is 0.